The van der Waals surface area contributed by atoms with E-state index in [1.807, 2.05) is 19.9 Å². The Morgan fingerprint density at radius 3 is 2.45 bits per heavy atom. The molecule has 1 saturated carbocycles. The summed E-state index contributed by atoms with van der Waals surface area (Å²) in [5.41, 5.74) is 4.55. The molecule has 1 N–H and O–H groups in total. The van der Waals surface area contributed by atoms with Crippen LogP contribution in [-0.4, -0.2) is 29.1 Å². The van der Waals surface area contributed by atoms with E-state index in [1.165, 1.54) is 24.8 Å². The standard InChI is InChI=1S/C24H32N2O3/c1-4-29-24(28)21-16-22(19-12-10-17(2)11-13-19)26(18(21)3)15-14-23(27)25-20-8-6-5-7-9-20/h10-13,16,20H,4-9,14-15H2,1-3H3,(H,25,27). The van der Waals surface area contributed by atoms with Gasteiger partial charge in [0.15, 0.2) is 0 Å². The summed E-state index contributed by atoms with van der Waals surface area (Å²) in [5.74, 6) is -0.235. The summed E-state index contributed by atoms with van der Waals surface area (Å²) in [7, 11) is 0. The molecule has 1 aromatic carbocycles. The first-order chi connectivity index (χ1) is 14.0. The summed E-state index contributed by atoms with van der Waals surface area (Å²) >= 11 is 0. The van der Waals surface area contributed by atoms with Crippen molar-refractivity contribution in [3.05, 3.63) is 47.2 Å². The molecule has 5 heteroatoms. The maximum absolute atomic E-state index is 12.5. The fraction of sp³-hybridized carbons (Fsp3) is 0.500. The molecule has 0 atom stereocenters. The van der Waals surface area contributed by atoms with Crippen molar-refractivity contribution in [3.63, 3.8) is 0 Å². The van der Waals surface area contributed by atoms with Gasteiger partial charge in [-0.05, 0) is 45.2 Å². The van der Waals surface area contributed by atoms with Gasteiger partial charge in [-0.15, -0.1) is 0 Å². The Hall–Kier alpha value is -2.56. The monoisotopic (exact) mass is 396 g/mol. The van der Waals surface area contributed by atoms with E-state index in [-0.39, 0.29) is 11.9 Å². The van der Waals surface area contributed by atoms with Crippen LogP contribution >= 0.6 is 0 Å². The summed E-state index contributed by atoms with van der Waals surface area (Å²) < 4.78 is 7.29. The van der Waals surface area contributed by atoms with Crippen LogP contribution in [0.2, 0.25) is 0 Å². The van der Waals surface area contributed by atoms with E-state index in [0.29, 0.717) is 31.2 Å². The summed E-state index contributed by atoms with van der Waals surface area (Å²) in [6.45, 7) is 6.65. The summed E-state index contributed by atoms with van der Waals surface area (Å²) in [6, 6.07) is 10.4. The van der Waals surface area contributed by atoms with E-state index in [4.69, 9.17) is 4.74 Å². The third-order valence-electron chi connectivity index (χ3n) is 5.74. The smallest absolute Gasteiger partial charge is 0.339 e. The van der Waals surface area contributed by atoms with Gasteiger partial charge in [0.25, 0.3) is 0 Å². The second-order valence-electron chi connectivity index (χ2n) is 7.92. The van der Waals surface area contributed by atoms with Gasteiger partial charge in [0, 0.05) is 30.4 Å². The average molecular weight is 397 g/mol. The predicted molar refractivity (Wildman–Crippen MR) is 115 cm³/mol. The van der Waals surface area contributed by atoms with Crippen LogP contribution in [0.3, 0.4) is 0 Å². The van der Waals surface area contributed by atoms with Gasteiger partial charge in [-0.25, -0.2) is 4.79 Å². The molecule has 5 nitrogen and oxygen atoms in total. The lowest BCUT2D eigenvalue weighted by Crippen LogP contribution is -2.36. The number of esters is 1. The minimum atomic E-state index is -0.316. The molecule has 1 aromatic heterocycles. The Labute approximate surface area is 173 Å². The van der Waals surface area contributed by atoms with Gasteiger partial charge in [-0.1, -0.05) is 49.1 Å². The summed E-state index contributed by atoms with van der Waals surface area (Å²) in [5, 5.41) is 3.18. The first-order valence-corrected chi connectivity index (χ1v) is 10.7. The highest BCUT2D eigenvalue weighted by Gasteiger charge is 2.21. The van der Waals surface area contributed by atoms with Crippen molar-refractivity contribution in [2.75, 3.05) is 6.61 Å². The maximum atomic E-state index is 12.5. The molecule has 1 fully saturated rings. The van der Waals surface area contributed by atoms with Crippen LogP contribution in [-0.2, 0) is 16.1 Å². The number of rotatable bonds is 7. The van der Waals surface area contributed by atoms with Crippen LogP contribution in [0.4, 0.5) is 0 Å². The summed E-state index contributed by atoms with van der Waals surface area (Å²) in [6.07, 6.45) is 6.22. The number of amides is 1. The molecular weight excluding hydrogens is 364 g/mol. The van der Waals surface area contributed by atoms with Gasteiger partial charge < -0.3 is 14.6 Å². The number of ether oxygens (including phenoxy) is 1. The van der Waals surface area contributed by atoms with Crippen molar-refractivity contribution in [2.45, 2.75) is 71.9 Å². The quantitative estimate of drug-likeness (QED) is 0.685. The van der Waals surface area contributed by atoms with Crippen LogP contribution in [0.15, 0.2) is 30.3 Å². The van der Waals surface area contributed by atoms with E-state index in [1.54, 1.807) is 6.92 Å². The number of benzene rings is 1. The molecule has 156 valence electrons. The van der Waals surface area contributed by atoms with Crippen LogP contribution < -0.4 is 5.32 Å². The normalized spacial score (nSPS) is 14.6. The molecule has 0 saturated heterocycles. The third-order valence-corrected chi connectivity index (χ3v) is 5.74. The van der Waals surface area contributed by atoms with Crippen LogP contribution in [0.1, 0.15) is 67.1 Å². The molecule has 0 spiro atoms. The second kappa shape index (κ2) is 9.77. The molecule has 0 bridgehead atoms. The maximum Gasteiger partial charge on any atom is 0.339 e. The molecule has 1 aliphatic carbocycles. The Kier molecular flexibility index (Phi) is 7.13. The Bertz CT molecular complexity index is 846. The van der Waals surface area contributed by atoms with Crippen molar-refractivity contribution in [1.29, 1.82) is 0 Å². The van der Waals surface area contributed by atoms with Crippen LogP contribution in [0.25, 0.3) is 11.3 Å². The zero-order chi connectivity index (χ0) is 20.8. The fourth-order valence-electron chi connectivity index (χ4n) is 4.07. The molecule has 0 unspecified atom stereocenters. The van der Waals surface area contributed by atoms with E-state index < -0.39 is 0 Å². The van der Waals surface area contributed by atoms with Crippen LogP contribution in [0, 0.1) is 13.8 Å². The molecule has 3 rings (SSSR count). The average Bonchev–Trinajstić information content (AvgIpc) is 3.04. The van der Waals surface area contributed by atoms with E-state index in [2.05, 4.69) is 34.1 Å². The number of nitrogens with one attached hydrogen (secondary N) is 1. The molecule has 2 aromatic rings. The minimum absolute atomic E-state index is 0.0811. The summed E-state index contributed by atoms with van der Waals surface area (Å²) in [4.78, 5) is 24.9. The van der Waals surface area contributed by atoms with Crippen molar-refractivity contribution < 1.29 is 14.3 Å². The first kappa shape index (κ1) is 21.2. The van der Waals surface area contributed by atoms with E-state index in [9.17, 15) is 9.59 Å². The highest BCUT2D eigenvalue weighted by Crippen LogP contribution is 2.27. The molecular formula is C24H32N2O3. The Balaban J connectivity index is 1.80. The van der Waals surface area contributed by atoms with Crippen molar-refractivity contribution in [3.8, 4) is 11.3 Å². The van der Waals surface area contributed by atoms with Gasteiger partial charge in [-0.2, -0.15) is 0 Å². The van der Waals surface area contributed by atoms with E-state index >= 15 is 0 Å². The lowest BCUT2D eigenvalue weighted by atomic mass is 9.95. The largest absolute Gasteiger partial charge is 0.462 e. The topological polar surface area (TPSA) is 60.3 Å². The molecule has 1 amide bonds. The Morgan fingerprint density at radius 2 is 1.79 bits per heavy atom. The SMILES string of the molecule is CCOC(=O)c1cc(-c2ccc(C)cc2)n(CCC(=O)NC2CCCCC2)c1C. The predicted octanol–water partition coefficient (Wildman–Crippen LogP) is 4.79. The lowest BCUT2D eigenvalue weighted by Gasteiger charge is -2.23. The van der Waals surface area contributed by atoms with Crippen molar-refractivity contribution >= 4 is 11.9 Å². The highest BCUT2D eigenvalue weighted by atomic mass is 16.5. The van der Waals surface area contributed by atoms with Crippen LogP contribution in [0.5, 0.6) is 0 Å². The molecule has 1 aliphatic rings. The second-order valence-corrected chi connectivity index (χ2v) is 7.92. The number of aryl methyl sites for hydroxylation is 1. The third kappa shape index (κ3) is 5.28. The van der Waals surface area contributed by atoms with Gasteiger partial charge in [0.05, 0.1) is 12.2 Å². The van der Waals surface area contributed by atoms with Gasteiger partial charge >= 0.3 is 5.97 Å². The number of hydrogen-bond donors (Lipinski definition) is 1. The zero-order valence-electron chi connectivity index (χ0n) is 17.8. The lowest BCUT2D eigenvalue weighted by molar-refractivity contribution is -0.122. The number of aromatic nitrogens is 1. The number of hydrogen-bond acceptors (Lipinski definition) is 3. The molecule has 29 heavy (non-hydrogen) atoms. The minimum Gasteiger partial charge on any atom is -0.462 e. The molecule has 0 aliphatic heterocycles. The van der Waals surface area contributed by atoms with Crippen molar-refractivity contribution in [2.24, 2.45) is 0 Å². The number of carbonyl (C=O) groups is 2. The van der Waals surface area contributed by atoms with Gasteiger partial charge in [-0.3, -0.25) is 4.79 Å². The van der Waals surface area contributed by atoms with Gasteiger partial charge in [0.1, 0.15) is 0 Å². The molecule has 1 heterocycles. The highest BCUT2D eigenvalue weighted by molar-refractivity contribution is 5.92. The van der Waals surface area contributed by atoms with Gasteiger partial charge in [0.2, 0.25) is 5.91 Å². The number of nitrogens with zero attached hydrogens (tertiary/aromatic N) is 1. The first-order valence-electron chi connectivity index (χ1n) is 10.7. The number of carbonyl (C=O) groups excluding carboxylic acids is 2. The van der Waals surface area contributed by atoms with E-state index in [0.717, 1.165) is 29.8 Å². The fourth-order valence-corrected chi connectivity index (χ4v) is 4.07. The van der Waals surface area contributed by atoms with Crippen molar-refractivity contribution in [1.82, 2.24) is 9.88 Å². The molecule has 0 radical (unpaired) electrons. The Morgan fingerprint density at radius 1 is 1.10 bits per heavy atom. The zero-order valence-corrected chi connectivity index (χ0v) is 17.8.